The van der Waals surface area contributed by atoms with Gasteiger partial charge in [-0.25, -0.2) is 0 Å². The van der Waals surface area contributed by atoms with Gasteiger partial charge >= 0.3 is 0 Å². The summed E-state index contributed by atoms with van der Waals surface area (Å²) >= 11 is 0. The van der Waals surface area contributed by atoms with Gasteiger partial charge in [0.1, 0.15) is 5.75 Å². The third kappa shape index (κ3) is 6.24. The largest absolute Gasteiger partial charge is 0.484 e. The van der Waals surface area contributed by atoms with E-state index in [9.17, 15) is 4.79 Å². The second-order valence-electron chi connectivity index (χ2n) is 6.03. The second-order valence-corrected chi connectivity index (χ2v) is 6.03. The van der Waals surface area contributed by atoms with Crippen LogP contribution in [-0.2, 0) is 4.79 Å². The summed E-state index contributed by atoms with van der Waals surface area (Å²) in [4.78, 5) is 11.8. The smallest absolute Gasteiger partial charge is 0.257 e. The van der Waals surface area contributed by atoms with E-state index in [2.05, 4.69) is 24.5 Å². The number of amides is 1. The van der Waals surface area contributed by atoms with Crippen LogP contribution in [0.4, 0.5) is 0 Å². The maximum absolute atomic E-state index is 11.8. The van der Waals surface area contributed by atoms with Gasteiger partial charge in [-0.15, -0.1) is 12.4 Å². The molecule has 22 heavy (non-hydrogen) atoms. The Morgan fingerprint density at radius 2 is 2.09 bits per heavy atom. The molecule has 5 heteroatoms. The van der Waals surface area contributed by atoms with E-state index in [0.29, 0.717) is 11.8 Å². The van der Waals surface area contributed by atoms with Gasteiger partial charge in [0, 0.05) is 6.54 Å². The lowest BCUT2D eigenvalue weighted by Crippen LogP contribution is -2.39. The molecule has 1 heterocycles. The van der Waals surface area contributed by atoms with Gasteiger partial charge in [0.25, 0.3) is 5.91 Å². The van der Waals surface area contributed by atoms with Crippen LogP contribution in [0.3, 0.4) is 0 Å². The van der Waals surface area contributed by atoms with Crippen molar-refractivity contribution in [2.75, 3.05) is 26.2 Å². The molecule has 0 saturated carbocycles. The first-order valence-corrected chi connectivity index (χ1v) is 7.85. The van der Waals surface area contributed by atoms with Gasteiger partial charge in [0.05, 0.1) is 0 Å². The van der Waals surface area contributed by atoms with Crippen molar-refractivity contribution in [1.82, 2.24) is 10.6 Å². The van der Waals surface area contributed by atoms with Gasteiger partial charge in [-0.2, -0.15) is 0 Å². The van der Waals surface area contributed by atoms with Gasteiger partial charge in [-0.05, 0) is 55.5 Å². The van der Waals surface area contributed by atoms with Gasteiger partial charge in [0.2, 0.25) is 0 Å². The van der Waals surface area contributed by atoms with E-state index >= 15 is 0 Å². The molecule has 2 rings (SSSR count). The second kappa shape index (κ2) is 9.70. The van der Waals surface area contributed by atoms with E-state index < -0.39 is 0 Å². The Balaban J connectivity index is 0.00000242. The highest BCUT2D eigenvalue weighted by Gasteiger charge is 2.13. The molecule has 1 amide bonds. The van der Waals surface area contributed by atoms with Crippen LogP contribution in [-0.4, -0.2) is 32.1 Å². The van der Waals surface area contributed by atoms with Crippen molar-refractivity contribution < 1.29 is 9.53 Å². The molecule has 1 aromatic carbocycles. The maximum Gasteiger partial charge on any atom is 0.257 e. The fraction of sp³-hybridized carbons (Fsp3) is 0.588. The fourth-order valence-electron chi connectivity index (χ4n) is 2.51. The summed E-state index contributed by atoms with van der Waals surface area (Å²) in [7, 11) is 0. The zero-order valence-corrected chi connectivity index (χ0v) is 14.2. The van der Waals surface area contributed by atoms with E-state index in [1.54, 1.807) is 0 Å². The van der Waals surface area contributed by atoms with Gasteiger partial charge in [-0.1, -0.05) is 26.0 Å². The number of benzene rings is 1. The lowest BCUT2D eigenvalue weighted by molar-refractivity contribution is -0.123. The molecule has 0 spiro atoms. The molecule has 1 atom stereocenters. The van der Waals surface area contributed by atoms with Crippen molar-refractivity contribution >= 4 is 18.3 Å². The minimum atomic E-state index is -0.0477. The Morgan fingerprint density at radius 1 is 1.36 bits per heavy atom. The number of piperidine rings is 1. The van der Waals surface area contributed by atoms with Crippen LogP contribution in [0.1, 0.15) is 38.2 Å². The minimum Gasteiger partial charge on any atom is -0.484 e. The summed E-state index contributed by atoms with van der Waals surface area (Å²) in [6.45, 7) is 7.23. The normalized spacial score (nSPS) is 17.7. The van der Waals surface area contributed by atoms with E-state index in [-0.39, 0.29) is 24.9 Å². The standard InChI is InChI=1S/C17H26N2O2.ClH/c1-13(2)15-5-7-16(8-6-15)21-12-17(20)19-11-14-4-3-9-18-10-14;/h5-8,13-14,18H,3-4,9-12H2,1-2H3,(H,19,20);1H. The van der Waals surface area contributed by atoms with Crippen molar-refractivity contribution in [3.63, 3.8) is 0 Å². The molecule has 1 unspecified atom stereocenters. The van der Waals surface area contributed by atoms with Crippen molar-refractivity contribution in [2.45, 2.75) is 32.6 Å². The average Bonchev–Trinajstić information content (AvgIpc) is 2.52. The average molecular weight is 327 g/mol. The zero-order chi connectivity index (χ0) is 15.1. The predicted molar refractivity (Wildman–Crippen MR) is 91.9 cm³/mol. The Morgan fingerprint density at radius 3 is 2.68 bits per heavy atom. The van der Waals surface area contributed by atoms with Gasteiger partial charge in [0.15, 0.2) is 6.61 Å². The van der Waals surface area contributed by atoms with E-state index in [1.807, 2.05) is 24.3 Å². The molecular formula is C17H27ClN2O2. The molecule has 124 valence electrons. The van der Waals surface area contributed by atoms with E-state index in [4.69, 9.17) is 4.74 Å². The Kier molecular flexibility index (Phi) is 8.28. The molecule has 1 aromatic rings. The van der Waals surface area contributed by atoms with Crippen LogP contribution >= 0.6 is 12.4 Å². The third-order valence-electron chi connectivity index (χ3n) is 3.90. The molecule has 1 fully saturated rings. The molecule has 1 aliphatic rings. The van der Waals surface area contributed by atoms with Gasteiger partial charge in [-0.3, -0.25) is 4.79 Å². The van der Waals surface area contributed by atoms with Crippen molar-refractivity contribution in [2.24, 2.45) is 5.92 Å². The molecule has 4 nitrogen and oxygen atoms in total. The Labute approximate surface area is 139 Å². The number of halogens is 1. The van der Waals surface area contributed by atoms with Crippen molar-refractivity contribution in [3.05, 3.63) is 29.8 Å². The first kappa shape index (κ1) is 18.8. The Bertz CT molecular complexity index is 442. The number of rotatable bonds is 6. The molecule has 0 aliphatic carbocycles. The molecular weight excluding hydrogens is 300 g/mol. The summed E-state index contributed by atoms with van der Waals surface area (Å²) in [6, 6.07) is 7.94. The topological polar surface area (TPSA) is 50.4 Å². The number of carbonyl (C=O) groups excluding carboxylic acids is 1. The number of carbonyl (C=O) groups is 1. The number of hydrogen-bond acceptors (Lipinski definition) is 3. The minimum absolute atomic E-state index is 0. The van der Waals surface area contributed by atoms with Crippen molar-refractivity contribution in [1.29, 1.82) is 0 Å². The number of nitrogens with one attached hydrogen (secondary N) is 2. The van der Waals surface area contributed by atoms with Crippen molar-refractivity contribution in [3.8, 4) is 5.75 Å². The van der Waals surface area contributed by atoms with Crippen LogP contribution < -0.4 is 15.4 Å². The quantitative estimate of drug-likeness (QED) is 0.845. The predicted octanol–water partition coefficient (Wildman–Crippen LogP) is 2.73. The highest BCUT2D eigenvalue weighted by atomic mass is 35.5. The first-order valence-electron chi connectivity index (χ1n) is 7.85. The van der Waals surface area contributed by atoms with Crippen LogP contribution in [0.15, 0.2) is 24.3 Å². The molecule has 1 aliphatic heterocycles. The highest BCUT2D eigenvalue weighted by molar-refractivity contribution is 5.85. The number of ether oxygens (including phenoxy) is 1. The summed E-state index contributed by atoms with van der Waals surface area (Å²) in [5.41, 5.74) is 1.27. The van der Waals surface area contributed by atoms with E-state index in [1.165, 1.54) is 18.4 Å². The van der Waals surface area contributed by atoms with Crippen LogP contribution in [0, 0.1) is 5.92 Å². The summed E-state index contributed by atoms with van der Waals surface area (Å²) in [6.07, 6.45) is 2.38. The fourth-order valence-corrected chi connectivity index (χ4v) is 2.51. The maximum atomic E-state index is 11.8. The lowest BCUT2D eigenvalue weighted by atomic mass is 10.00. The van der Waals surface area contributed by atoms with E-state index in [0.717, 1.165) is 25.4 Å². The molecule has 0 aromatic heterocycles. The highest BCUT2D eigenvalue weighted by Crippen LogP contribution is 2.18. The van der Waals surface area contributed by atoms with Crippen LogP contribution in [0.5, 0.6) is 5.75 Å². The Hall–Kier alpha value is -1.26. The lowest BCUT2D eigenvalue weighted by Gasteiger charge is -2.22. The summed E-state index contributed by atoms with van der Waals surface area (Å²) < 4.78 is 5.51. The monoisotopic (exact) mass is 326 g/mol. The summed E-state index contributed by atoms with van der Waals surface area (Å²) in [5, 5.41) is 6.30. The summed E-state index contributed by atoms with van der Waals surface area (Å²) in [5.74, 6) is 1.75. The molecule has 0 radical (unpaired) electrons. The molecule has 1 saturated heterocycles. The third-order valence-corrected chi connectivity index (χ3v) is 3.90. The molecule has 2 N–H and O–H groups in total. The SMILES string of the molecule is CC(C)c1ccc(OCC(=O)NCC2CCCNC2)cc1.Cl. The van der Waals surface area contributed by atoms with Gasteiger partial charge < -0.3 is 15.4 Å². The van der Waals surface area contributed by atoms with Crippen LogP contribution in [0.2, 0.25) is 0 Å². The number of hydrogen-bond donors (Lipinski definition) is 2. The first-order chi connectivity index (χ1) is 10.1. The molecule has 0 bridgehead atoms. The van der Waals surface area contributed by atoms with Crippen LogP contribution in [0.25, 0.3) is 0 Å². The zero-order valence-electron chi connectivity index (χ0n) is 13.4.